The Labute approximate surface area is 183 Å². The zero-order valence-electron chi connectivity index (χ0n) is 17.7. The van der Waals surface area contributed by atoms with Crippen LogP contribution in [-0.2, 0) is 15.8 Å². The van der Waals surface area contributed by atoms with Gasteiger partial charge in [0.15, 0.2) is 0 Å². The molecule has 5 N–H and O–H groups in total. The summed E-state index contributed by atoms with van der Waals surface area (Å²) in [5, 5.41) is 3.31. The number of fused-ring (bicyclic) bond motifs is 1. The van der Waals surface area contributed by atoms with Gasteiger partial charge in [0.25, 0.3) is 0 Å². The van der Waals surface area contributed by atoms with Gasteiger partial charge in [0, 0.05) is 30.9 Å². The number of hydrogen-bond acceptors (Lipinski definition) is 6. The molecule has 0 unspecified atom stereocenters. The summed E-state index contributed by atoms with van der Waals surface area (Å²) in [7, 11) is 0. The highest BCUT2D eigenvalue weighted by atomic mass is 19.4. The molecule has 1 aromatic heterocycles. The number of alkyl halides is 3. The van der Waals surface area contributed by atoms with Crippen LogP contribution in [0.5, 0.6) is 0 Å². The van der Waals surface area contributed by atoms with Gasteiger partial charge in [0.2, 0.25) is 11.8 Å². The molecule has 0 radical (unpaired) electrons. The number of rotatable bonds is 3. The molecule has 1 saturated carbocycles. The lowest BCUT2D eigenvalue weighted by molar-refractivity contribution is -0.137. The van der Waals surface area contributed by atoms with Gasteiger partial charge in [-0.25, -0.2) is 9.97 Å². The SMILES string of the molecule is CC(N)=O.NC1CCC(N2CC[C@H](Nc3ncnc4ccc(C(F)(F)F)cc34)C2=O)CC1. The average molecular weight is 452 g/mol. The molecule has 11 heteroatoms. The molecule has 0 spiro atoms. The number of nitrogens with two attached hydrogens (primary N) is 2. The van der Waals surface area contributed by atoms with E-state index in [1.807, 2.05) is 4.90 Å². The van der Waals surface area contributed by atoms with E-state index in [0.29, 0.717) is 18.5 Å². The maximum Gasteiger partial charge on any atom is 0.416 e. The molecule has 2 aliphatic rings. The van der Waals surface area contributed by atoms with Gasteiger partial charge in [-0.2, -0.15) is 13.2 Å². The van der Waals surface area contributed by atoms with Crippen LogP contribution in [0.15, 0.2) is 24.5 Å². The van der Waals surface area contributed by atoms with Gasteiger partial charge in [0.05, 0.1) is 11.1 Å². The van der Waals surface area contributed by atoms with Crippen molar-refractivity contribution in [3.63, 3.8) is 0 Å². The van der Waals surface area contributed by atoms with Crippen LogP contribution in [0.25, 0.3) is 10.9 Å². The fourth-order valence-corrected chi connectivity index (χ4v) is 4.12. The van der Waals surface area contributed by atoms with Crippen molar-refractivity contribution < 1.29 is 22.8 Å². The van der Waals surface area contributed by atoms with Crippen molar-refractivity contribution in [2.45, 2.75) is 63.3 Å². The van der Waals surface area contributed by atoms with Gasteiger partial charge in [-0.1, -0.05) is 0 Å². The van der Waals surface area contributed by atoms with Crippen molar-refractivity contribution in [3.8, 4) is 0 Å². The van der Waals surface area contributed by atoms with E-state index in [4.69, 9.17) is 5.73 Å². The predicted molar refractivity (Wildman–Crippen MR) is 113 cm³/mol. The van der Waals surface area contributed by atoms with E-state index < -0.39 is 17.8 Å². The number of aromatic nitrogens is 2. The van der Waals surface area contributed by atoms with Crippen LogP contribution in [0.2, 0.25) is 0 Å². The van der Waals surface area contributed by atoms with Gasteiger partial charge in [-0.05, 0) is 50.3 Å². The van der Waals surface area contributed by atoms with Crippen molar-refractivity contribution in [1.82, 2.24) is 14.9 Å². The first-order valence-corrected chi connectivity index (χ1v) is 10.5. The second kappa shape index (κ2) is 9.68. The van der Waals surface area contributed by atoms with Crippen molar-refractivity contribution in [3.05, 3.63) is 30.1 Å². The van der Waals surface area contributed by atoms with E-state index in [-0.39, 0.29) is 35.1 Å². The molecular weight excluding hydrogens is 425 g/mol. The molecule has 1 aromatic carbocycles. The molecule has 1 atom stereocenters. The highest BCUT2D eigenvalue weighted by Crippen LogP contribution is 2.33. The summed E-state index contributed by atoms with van der Waals surface area (Å²) in [5.74, 6) is -0.110. The van der Waals surface area contributed by atoms with Crippen molar-refractivity contribution in [2.24, 2.45) is 11.5 Å². The Morgan fingerprint density at radius 3 is 2.44 bits per heavy atom. The summed E-state index contributed by atoms with van der Waals surface area (Å²) in [5.41, 5.74) is 10.0. The third-order valence-corrected chi connectivity index (χ3v) is 5.70. The van der Waals surface area contributed by atoms with Crippen LogP contribution in [0.1, 0.15) is 44.6 Å². The van der Waals surface area contributed by atoms with Crippen LogP contribution >= 0.6 is 0 Å². The van der Waals surface area contributed by atoms with Crippen LogP contribution in [0.4, 0.5) is 19.0 Å². The number of likely N-dealkylation sites (tertiary alicyclic amines) is 1. The maximum atomic E-state index is 13.1. The molecule has 0 bridgehead atoms. The number of benzene rings is 1. The van der Waals surface area contributed by atoms with E-state index in [9.17, 15) is 22.8 Å². The van der Waals surface area contributed by atoms with E-state index in [1.54, 1.807) is 0 Å². The molecule has 174 valence electrons. The second-order valence-corrected chi connectivity index (χ2v) is 8.15. The third kappa shape index (κ3) is 5.64. The van der Waals surface area contributed by atoms with Crippen molar-refractivity contribution in [2.75, 3.05) is 11.9 Å². The van der Waals surface area contributed by atoms with Crippen LogP contribution in [-0.4, -0.2) is 51.4 Å². The number of amides is 2. The monoisotopic (exact) mass is 452 g/mol. The summed E-state index contributed by atoms with van der Waals surface area (Å²) in [6.07, 6.45) is 1.02. The molecule has 1 aliphatic heterocycles. The quantitative estimate of drug-likeness (QED) is 0.656. The van der Waals surface area contributed by atoms with Crippen LogP contribution < -0.4 is 16.8 Å². The molecule has 32 heavy (non-hydrogen) atoms. The van der Waals surface area contributed by atoms with E-state index in [2.05, 4.69) is 21.0 Å². The molecule has 8 nitrogen and oxygen atoms in total. The highest BCUT2D eigenvalue weighted by Gasteiger charge is 2.37. The third-order valence-electron chi connectivity index (χ3n) is 5.70. The lowest BCUT2D eigenvalue weighted by atomic mass is 9.91. The minimum absolute atomic E-state index is 0.0285. The zero-order valence-corrected chi connectivity index (χ0v) is 17.7. The Bertz CT molecular complexity index is 972. The molecule has 1 saturated heterocycles. The first-order valence-electron chi connectivity index (χ1n) is 10.5. The van der Waals surface area contributed by atoms with E-state index >= 15 is 0 Å². The summed E-state index contributed by atoms with van der Waals surface area (Å²) in [6.45, 7) is 1.94. The van der Waals surface area contributed by atoms with Crippen LogP contribution in [0.3, 0.4) is 0 Å². The first-order chi connectivity index (χ1) is 15.1. The van der Waals surface area contributed by atoms with E-state index in [0.717, 1.165) is 37.8 Å². The molecule has 1 aliphatic carbocycles. The predicted octanol–water partition coefficient (Wildman–Crippen LogP) is 2.42. The topological polar surface area (TPSA) is 127 Å². The fraction of sp³-hybridized carbons (Fsp3) is 0.524. The molecule has 2 fully saturated rings. The average Bonchev–Trinajstić information content (AvgIpc) is 3.08. The van der Waals surface area contributed by atoms with Gasteiger partial charge in [0.1, 0.15) is 18.2 Å². The zero-order chi connectivity index (χ0) is 23.5. The van der Waals surface area contributed by atoms with Gasteiger partial charge in [-0.3, -0.25) is 9.59 Å². The molecule has 2 amide bonds. The largest absolute Gasteiger partial charge is 0.416 e. The van der Waals surface area contributed by atoms with Gasteiger partial charge in [-0.15, -0.1) is 0 Å². The molecule has 2 aromatic rings. The smallest absolute Gasteiger partial charge is 0.370 e. The lowest BCUT2D eigenvalue weighted by Crippen LogP contribution is -2.44. The van der Waals surface area contributed by atoms with E-state index in [1.165, 1.54) is 19.3 Å². The number of carbonyl (C=O) groups excluding carboxylic acids is 2. The van der Waals surface area contributed by atoms with Gasteiger partial charge >= 0.3 is 6.18 Å². The Balaban J connectivity index is 0.000000668. The summed E-state index contributed by atoms with van der Waals surface area (Å²) in [6, 6.07) is 3.24. The highest BCUT2D eigenvalue weighted by molar-refractivity contribution is 5.93. The lowest BCUT2D eigenvalue weighted by Gasteiger charge is -2.33. The van der Waals surface area contributed by atoms with Crippen molar-refractivity contribution >= 4 is 28.5 Å². The van der Waals surface area contributed by atoms with Crippen molar-refractivity contribution in [1.29, 1.82) is 0 Å². The number of carbonyl (C=O) groups is 2. The Morgan fingerprint density at radius 1 is 1.16 bits per heavy atom. The maximum absolute atomic E-state index is 13.1. The number of hydrogen-bond donors (Lipinski definition) is 3. The number of halogens is 3. The summed E-state index contributed by atoms with van der Waals surface area (Å²) < 4.78 is 39.2. The normalized spacial score (nSPS) is 23.6. The minimum atomic E-state index is -4.46. The number of nitrogens with zero attached hydrogens (tertiary/aromatic N) is 3. The fourth-order valence-electron chi connectivity index (χ4n) is 4.12. The number of nitrogens with one attached hydrogen (secondary N) is 1. The second-order valence-electron chi connectivity index (χ2n) is 8.15. The minimum Gasteiger partial charge on any atom is -0.370 e. The van der Waals surface area contributed by atoms with Gasteiger partial charge < -0.3 is 21.7 Å². The molecule has 4 rings (SSSR count). The Kier molecular flexibility index (Phi) is 7.17. The molecular formula is C21H27F3N6O2. The first kappa shape index (κ1) is 23.7. The number of anilines is 1. The molecule has 2 heterocycles. The Hall–Kier alpha value is -2.95. The number of primary amides is 1. The standard InChI is InChI=1S/C19H22F3N5O.C2H5NO/c20-19(21,22)11-1-6-15-14(9-11)17(25-10-24-15)26-16-7-8-27(18(16)28)13-4-2-12(23)3-5-13;1-2(3)4/h1,6,9-10,12-13,16H,2-5,7-8,23H2,(H,24,25,26);1H3,(H2,3,4)/t12?,13?,16-;/m0./s1. The summed E-state index contributed by atoms with van der Waals surface area (Å²) >= 11 is 0. The Morgan fingerprint density at radius 2 is 1.81 bits per heavy atom. The van der Waals surface area contributed by atoms with Crippen LogP contribution in [0, 0.1) is 0 Å². The summed E-state index contributed by atoms with van der Waals surface area (Å²) in [4.78, 5) is 32.1.